The van der Waals surface area contributed by atoms with Crippen molar-refractivity contribution in [3.8, 4) is 0 Å². The minimum absolute atomic E-state index is 0.0335. The van der Waals surface area contributed by atoms with E-state index >= 15 is 0 Å². The number of benzene rings is 1. The van der Waals surface area contributed by atoms with E-state index in [1.165, 1.54) is 0 Å². The van der Waals surface area contributed by atoms with E-state index in [9.17, 15) is 4.79 Å². The van der Waals surface area contributed by atoms with Gasteiger partial charge in [0.25, 0.3) is 0 Å². The molecular formula is C13H18O. The quantitative estimate of drug-likeness (QED) is 0.711. The fourth-order valence-corrected chi connectivity index (χ4v) is 1.53. The Morgan fingerprint density at radius 3 is 2.29 bits per heavy atom. The Morgan fingerprint density at radius 2 is 1.79 bits per heavy atom. The third-order valence-corrected chi connectivity index (χ3v) is 2.82. The van der Waals surface area contributed by atoms with Crippen LogP contribution in [-0.2, 0) is 4.79 Å². The lowest BCUT2D eigenvalue weighted by Gasteiger charge is -2.14. The number of carbonyl (C=O) groups is 1. The highest BCUT2D eigenvalue weighted by atomic mass is 16.1. The Morgan fingerprint density at radius 1 is 1.21 bits per heavy atom. The maximum atomic E-state index is 11.9. The number of ketones is 1. The first-order valence-electron chi connectivity index (χ1n) is 5.25. The predicted octanol–water partition coefficient (Wildman–Crippen LogP) is 3.41. The van der Waals surface area contributed by atoms with Crippen LogP contribution >= 0.6 is 0 Å². The van der Waals surface area contributed by atoms with Gasteiger partial charge in [0.15, 0.2) is 0 Å². The first kappa shape index (κ1) is 11.0. The lowest BCUT2D eigenvalue weighted by atomic mass is 9.88. The molecule has 14 heavy (non-hydrogen) atoms. The molecule has 0 aromatic heterocycles. The van der Waals surface area contributed by atoms with Crippen LogP contribution in [0.3, 0.4) is 0 Å². The molecule has 0 saturated heterocycles. The fraction of sp³-hybridized carbons (Fsp3) is 0.462. The third-order valence-electron chi connectivity index (χ3n) is 2.82. The van der Waals surface area contributed by atoms with Gasteiger partial charge in [-0.3, -0.25) is 4.79 Å². The summed E-state index contributed by atoms with van der Waals surface area (Å²) in [6.45, 7) is 6.05. The molecule has 1 heteroatoms. The summed E-state index contributed by atoms with van der Waals surface area (Å²) in [6.07, 6.45) is 0.927. The normalized spacial score (nSPS) is 14.8. The molecule has 1 aromatic carbocycles. The van der Waals surface area contributed by atoms with Crippen molar-refractivity contribution in [2.45, 2.75) is 33.1 Å². The second-order valence-electron chi connectivity index (χ2n) is 3.84. The van der Waals surface area contributed by atoms with Gasteiger partial charge in [0.1, 0.15) is 5.78 Å². The molecule has 0 aliphatic rings. The zero-order valence-electron chi connectivity index (χ0n) is 9.16. The lowest BCUT2D eigenvalue weighted by molar-refractivity contribution is -0.123. The van der Waals surface area contributed by atoms with E-state index in [2.05, 4.69) is 6.92 Å². The fourth-order valence-electron chi connectivity index (χ4n) is 1.53. The summed E-state index contributed by atoms with van der Waals surface area (Å²) in [5.41, 5.74) is 1.12. The van der Waals surface area contributed by atoms with Crippen LogP contribution in [0, 0.1) is 5.92 Å². The zero-order valence-corrected chi connectivity index (χ0v) is 9.16. The maximum Gasteiger partial charge on any atom is 0.142 e. The smallest absolute Gasteiger partial charge is 0.142 e. The second-order valence-corrected chi connectivity index (χ2v) is 3.84. The summed E-state index contributed by atoms with van der Waals surface area (Å²) >= 11 is 0. The van der Waals surface area contributed by atoms with E-state index in [4.69, 9.17) is 0 Å². The SMILES string of the molecule is CCC(C)C(=O)C(C)c1ccccc1. The van der Waals surface area contributed by atoms with Gasteiger partial charge >= 0.3 is 0 Å². The Labute approximate surface area is 86.1 Å². The van der Waals surface area contributed by atoms with E-state index in [1.807, 2.05) is 44.2 Å². The largest absolute Gasteiger partial charge is 0.299 e. The van der Waals surface area contributed by atoms with E-state index in [-0.39, 0.29) is 11.8 Å². The van der Waals surface area contributed by atoms with Gasteiger partial charge in [-0.15, -0.1) is 0 Å². The highest BCUT2D eigenvalue weighted by Gasteiger charge is 2.19. The van der Waals surface area contributed by atoms with Crippen molar-refractivity contribution in [1.82, 2.24) is 0 Å². The molecule has 0 radical (unpaired) electrons. The average molecular weight is 190 g/mol. The van der Waals surface area contributed by atoms with Crippen LogP contribution in [0.1, 0.15) is 38.7 Å². The van der Waals surface area contributed by atoms with Gasteiger partial charge in [-0.05, 0) is 12.0 Å². The van der Waals surface area contributed by atoms with Gasteiger partial charge in [-0.1, -0.05) is 51.1 Å². The van der Waals surface area contributed by atoms with Crippen LogP contribution in [0.25, 0.3) is 0 Å². The Bertz CT molecular complexity index is 289. The number of Topliss-reactive ketones (excluding diaryl/α,β-unsaturated/α-hetero) is 1. The molecule has 1 rings (SSSR count). The molecule has 0 heterocycles. The molecule has 0 bridgehead atoms. The van der Waals surface area contributed by atoms with E-state index in [0.29, 0.717) is 5.78 Å². The monoisotopic (exact) mass is 190 g/mol. The van der Waals surface area contributed by atoms with E-state index < -0.39 is 0 Å². The summed E-state index contributed by atoms with van der Waals surface area (Å²) in [5, 5.41) is 0. The number of rotatable bonds is 4. The third kappa shape index (κ3) is 2.44. The lowest BCUT2D eigenvalue weighted by Crippen LogP contribution is -2.17. The van der Waals surface area contributed by atoms with Crippen molar-refractivity contribution in [2.75, 3.05) is 0 Å². The minimum Gasteiger partial charge on any atom is -0.299 e. The van der Waals surface area contributed by atoms with Gasteiger partial charge in [-0.25, -0.2) is 0 Å². The Balaban J connectivity index is 2.76. The van der Waals surface area contributed by atoms with Crippen molar-refractivity contribution in [3.63, 3.8) is 0 Å². The molecule has 0 aliphatic carbocycles. The van der Waals surface area contributed by atoms with Gasteiger partial charge in [-0.2, -0.15) is 0 Å². The highest BCUT2D eigenvalue weighted by molar-refractivity contribution is 5.87. The Kier molecular flexibility index (Phi) is 3.87. The van der Waals surface area contributed by atoms with Crippen LogP contribution in [-0.4, -0.2) is 5.78 Å². The number of hydrogen-bond acceptors (Lipinski definition) is 1. The summed E-state index contributed by atoms with van der Waals surface area (Å²) in [7, 11) is 0. The van der Waals surface area contributed by atoms with Crippen LogP contribution < -0.4 is 0 Å². The number of carbonyl (C=O) groups excluding carboxylic acids is 1. The van der Waals surface area contributed by atoms with Crippen molar-refractivity contribution in [3.05, 3.63) is 35.9 Å². The molecule has 1 nitrogen and oxygen atoms in total. The summed E-state index contributed by atoms with van der Waals surface area (Å²) in [4.78, 5) is 11.9. The molecule has 0 aliphatic heterocycles. The highest BCUT2D eigenvalue weighted by Crippen LogP contribution is 2.20. The topological polar surface area (TPSA) is 17.1 Å². The van der Waals surface area contributed by atoms with Crippen molar-refractivity contribution < 1.29 is 4.79 Å². The summed E-state index contributed by atoms with van der Waals surface area (Å²) in [6, 6.07) is 9.98. The molecule has 0 N–H and O–H groups in total. The standard InChI is InChI=1S/C13H18O/c1-4-10(2)13(14)11(3)12-8-6-5-7-9-12/h5-11H,4H2,1-3H3. The van der Waals surface area contributed by atoms with Crippen molar-refractivity contribution in [2.24, 2.45) is 5.92 Å². The summed E-state index contributed by atoms with van der Waals surface area (Å²) in [5.74, 6) is 0.551. The van der Waals surface area contributed by atoms with Crippen LogP contribution in [0.2, 0.25) is 0 Å². The minimum atomic E-state index is 0.0335. The first-order chi connectivity index (χ1) is 6.66. The van der Waals surface area contributed by atoms with Gasteiger partial charge < -0.3 is 0 Å². The maximum absolute atomic E-state index is 11.9. The molecular weight excluding hydrogens is 172 g/mol. The Hall–Kier alpha value is -1.11. The molecule has 0 fully saturated rings. The molecule has 2 unspecified atom stereocenters. The average Bonchev–Trinajstić information content (AvgIpc) is 2.27. The second kappa shape index (κ2) is 4.94. The molecule has 0 saturated carbocycles. The van der Waals surface area contributed by atoms with Crippen LogP contribution in [0.4, 0.5) is 0 Å². The summed E-state index contributed by atoms with van der Waals surface area (Å²) < 4.78 is 0. The van der Waals surface area contributed by atoms with Crippen LogP contribution in [0.15, 0.2) is 30.3 Å². The van der Waals surface area contributed by atoms with Gasteiger partial charge in [0, 0.05) is 11.8 Å². The first-order valence-corrected chi connectivity index (χ1v) is 5.25. The van der Waals surface area contributed by atoms with Crippen LogP contribution in [0.5, 0.6) is 0 Å². The molecule has 0 amide bonds. The van der Waals surface area contributed by atoms with Crippen molar-refractivity contribution >= 4 is 5.78 Å². The molecule has 1 aromatic rings. The molecule has 2 atom stereocenters. The molecule has 76 valence electrons. The van der Waals surface area contributed by atoms with E-state index in [1.54, 1.807) is 0 Å². The molecule has 0 spiro atoms. The van der Waals surface area contributed by atoms with Crippen molar-refractivity contribution in [1.29, 1.82) is 0 Å². The van der Waals surface area contributed by atoms with Gasteiger partial charge in [0.05, 0.1) is 0 Å². The number of hydrogen-bond donors (Lipinski definition) is 0. The van der Waals surface area contributed by atoms with E-state index in [0.717, 1.165) is 12.0 Å². The zero-order chi connectivity index (χ0) is 10.6. The predicted molar refractivity (Wildman–Crippen MR) is 59.3 cm³/mol. The van der Waals surface area contributed by atoms with Gasteiger partial charge in [0.2, 0.25) is 0 Å².